The van der Waals surface area contributed by atoms with Gasteiger partial charge in [0.15, 0.2) is 0 Å². The molecule has 2 unspecified atom stereocenters. The SMILES string of the molecule is CCN1CCOC(CNC(C)c2ccc(Br)s2)C1. The molecule has 0 spiro atoms. The molecule has 1 saturated heterocycles. The summed E-state index contributed by atoms with van der Waals surface area (Å²) in [6.07, 6.45) is 0.324. The molecule has 5 heteroatoms. The first-order valence-electron chi connectivity index (χ1n) is 6.51. The van der Waals surface area contributed by atoms with E-state index in [0.717, 1.165) is 32.8 Å². The largest absolute Gasteiger partial charge is 0.374 e. The maximum absolute atomic E-state index is 5.79. The van der Waals surface area contributed by atoms with Crippen LogP contribution in [0.4, 0.5) is 0 Å². The van der Waals surface area contributed by atoms with Crippen molar-refractivity contribution >= 4 is 27.3 Å². The summed E-state index contributed by atoms with van der Waals surface area (Å²) >= 11 is 5.30. The normalized spacial score (nSPS) is 23.2. The predicted octanol–water partition coefficient (Wildman–Crippen LogP) is 2.88. The molecule has 1 aromatic heterocycles. The van der Waals surface area contributed by atoms with E-state index in [-0.39, 0.29) is 0 Å². The van der Waals surface area contributed by atoms with Gasteiger partial charge in [-0.25, -0.2) is 0 Å². The number of halogens is 1. The molecule has 1 fully saturated rings. The minimum absolute atomic E-state index is 0.324. The van der Waals surface area contributed by atoms with Crippen LogP contribution in [0.5, 0.6) is 0 Å². The highest BCUT2D eigenvalue weighted by atomic mass is 79.9. The second-order valence-electron chi connectivity index (χ2n) is 4.66. The van der Waals surface area contributed by atoms with Gasteiger partial charge in [0.25, 0.3) is 0 Å². The predicted molar refractivity (Wildman–Crippen MR) is 80.3 cm³/mol. The molecule has 0 bridgehead atoms. The van der Waals surface area contributed by atoms with E-state index in [9.17, 15) is 0 Å². The smallest absolute Gasteiger partial charge is 0.0826 e. The maximum Gasteiger partial charge on any atom is 0.0826 e. The summed E-state index contributed by atoms with van der Waals surface area (Å²) in [6.45, 7) is 9.44. The van der Waals surface area contributed by atoms with Gasteiger partial charge in [0, 0.05) is 30.6 Å². The van der Waals surface area contributed by atoms with Crippen molar-refractivity contribution in [2.75, 3.05) is 32.8 Å². The van der Waals surface area contributed by atoms with E-state index < -0.39 is 0 Å². The van der Waals surface area contributed by atoms with Gasteiger partial charge in [-0.2, -0.15) is 0 Å². The average Bonchev–Trinajstić information content (AvgIpc) is 2.83. The van der Waals surface area contributed by atoms with Crippen LogP contribution < -0.4 is 5.32 Å². The minimum Gasteiger partial charge on any atom is -0.374 e. The lowest BCUT2D eigenvalue weighted by molar-refractivity contribution is -0.0261. The summed E-state index contributed by atoms with van der Waals surface area (Å²) < 4.78 is 6.98. The number of hydrogen-bond donors (Lipinski definition) is 1. The van der Waals surface area contributed by atoms with E-state index >= 15 is 0 Å². The van der Waals surface area contributed by atoms with E-state index in [1.165, 1.54) is 8.66 Å². The van der Waals surface area contributed by atoms with Crippen LogP contribution in [0.1, 0.15) is 24.8 Å². The first kappa shape index (κ1) is 14.5. The summed E-state index contributed by atoms with van der Waals surface area (Å²) in [7, 11) is 0. The van der Waals surface area contributed by atoms with E-state index in [4.69, 9.17) is 4.74 Å². The molecule has 0 amide bonds. The molecule has 3 nitrogen and oxygen atoms in total. The van der Waals surface area contributed by atoms with Crippen LogP contribution in [0.25, 0.3) is 0 Å². The monoisotopic (exact) mass is 332 g/mol. The van der Waals surface area contributed by atoms with E-state index in [2.05, 4.69) is 52.1 Å². The zero-order valence-corrected chi connectivity index (χ0v) is 13.4. The number of ether oxygens (including phenoxy) is 1. The molecule has 0 aromatic carbocycles. The Hall–Kier alpha value is 0.0600. The Kier molecular flexibility index (Phi) is 5.63. The maximum atomic E-state index is 5.79. The van der Waals surface area contributed by atoms with Gasteiger partial charge in [0.1, 0.15) is 0 Å². The Morgan fingerprint density at radius 2 is 2.44 bits per heavy atom. The number of morpholine rings is 1. The van der Waals surface area contributed by atoms with Crippen LogP contribution in [0.15, 0.2) is 15.9 Å². The molecule has 1 aliphatic heterocycles. The number of likely N-dealkylation sites (N-methyl/N-ethyl adjacent to an activating group) is 1. The van der Waals surface area contributed by atoms with E-state index in [1.54, 1.807) is 11.3 Å². The molecule has 18 heavy (non-hydrogen) atoms. The van der Waals surface area contributed by atoms with Crippen molar-refractivity contribution in [2.45, 2.75) is 26.0 Å². The Morgan fingerprint density at radius 1 is 1.61 bits per heavy atom. The zero-order valence-electron chi connectivity index (χ0n) is 11.0. The van der Waals surface area contributed by atoms with Crippen molar-refractivity contribution in [1.29, 1.82) is 0 Å². The second-order valence-corrected chi connectivity index (χ2v) is 7.15. The number of nitrogens with one attached hydrogen (secondary N) is 1. The number of thiophene rings is 1. The van der Waals surface area contributed by atoms with Crippen molar-refractivity contribution in [3.8, 4) is 0 Å². The van der Waals surface area contributed by atoms with E-state index in [0.29, 0.717) is 12.1 Å². The van der Waals surface area contributed by atoms with Crippen LogP contribution in [0.3, 0.4) is 0 Å². The Balaban J connectivity index is 1.77. The van der Waals surface area contributed by atoms with Crippen molar-refractivity contribution in [1.82, 2.24) is 10.2 Å². The average molecular weight is 333 g/mol. The quantitative estimate of drug-likeness (QED) is 0.897. The molecule has 1 aromatic rings. The molecule has 102 valence electrons. The van der Waals surface area contributed by atoms with Crippen LogP contribution in [-0.4, -0.2) is 43.8 Å². The van der Waals surface area contributed by atoms with E-state index in [1.807, 2.05) is 0 Å². The summed E-state index contributed by atoms with van der Waals surface area (Å²) in [5.41, 5.74) is 0. The van der Waals surface area contributed by atoms with Crippen molar-refractivity contribution in [3.05, 3.63) is 20.8 Å². The van der Waals surface area contributed by atoms with Gasteiger partial charge < -0.3 is 10.1 Å². The summed E-state index contributed by atoms with van der Waals surface area (Å²) in [5.74, 6) is 0. The third kappa shape index (κ3) is 4.03. The van der Waals surface area contributed by atoms with Crippen LogP contribution >= 0.6 is 27.3 Å². The molecular weight excluding hydrogens is 312 g/mol. The molecule has 2 rings (SSSR count). The lowest BCUT2D eigenvalue weighted by Gasteiger charge is -2.32. The Bertz CT molecular complexity index is 372. The molecule has 2 atom stereocenters. The van der Waals surface area contributed by atoms with Gasteiger partial charge >= 0.3 is 0 Å². The lowest BCUT2D eigenvalue weighted by Crippen LogP contribution is -2.46. The highest BCUT2D eigenvalue weighted by molar-refractivity contribution is 9.11. The highest BCUT2D eigenvalue weighted by Crippen LogP contribution is 2.27. The fraction of sp³-hybridized carbons (Fsp3) is 0.692. The Morgan fingerprint density at radius 3 is 3.11 bits per heavy atom. The Labute approximate surface area is 122 Å². The third-order valence-corrected chi connectivity index (χ3v) is 5.15. The van der Waals surface area contributed by atoms with Gasteiger partial charge in [-0.3, -0.25) is 4.90 Å². The molecule has 1 N–H and O–H groups in total. The molecule has 0 saturated carbocycles. The van der Waals surface area contributed by atoms with Gasteiger partial charge in [-0.15, -0.1) is 11.3 Å². The molecule has 1 aliphatic rings. The number of hydrogen-bond acceptors (Lipinski definition) is 4. The van der Waals surface area contributed by atoms with Gasteiger partial charge in [0.05, 0.1) is 16.5 Å². The summed E-state index contributed by atoms with van der Waals surface area (Å²) in [6, 6.07) is 4.67. The van der Waals surface area contributed by atoms with Crippen LogP contribution in [0, 0.1) is 0 Å². The van der Waals surface area contributed by atoms with Crippen molar-refractivity contribution in [3.63, 3.8) is 0 Å². The zero-order chi connectivity index (χ0) is 13.0. The first-order chi connectivity index (χ1) is 8.69. The van der Waals surface area contributed by atoms with Crippen LogP contribution in [-0.2, 0) is 4.74 Å². The van der Waals surface area contributed by atoms with Gasteiger partial charge in [0.2, 0.25) is 0 Å². The molecule has 0 radical (unpaired) electrons. The molecule has 2 heterocycles. The highest BCUT2D eigenvalue weighted by Gasteiger charge is 2.19. The fourth-order valence-corrected chi connectivity index (χ4v) is 3.61. The molecular formula is C13H21BrN2OS. The van der Waals surface area contributed by atoms with Crippen molar-refractivity contribution < 1.29 is 4.74 Å². The van der Waals surface area contributed by atoms with Crippen molar-refractivity contribution in [2.24, 2.45) is 0 Å². The first-order valence-corrected chi connectivity index (χ1v) is 8.12. The summed E-state index contributed by atoms with van der Waals surface area (Å²) in [4.78, 5) is 3.81. The third-order valence-electron chi connectivity index (χ3n) is 3.34. The lowest BCUT2D eigenvalue weighted by atomic mass is 10.2. The molecule has 0 aliphatic carbocycles. The second kappa shape index (κ2) is 7.01. The van der Waals surface area contributed by atoms with Gasteiger partial charge in [-0.1, -0.05) is 6.92 Å². The summed E-state index contributed by atoms with van der Waals surface area (Å²) in [5, 5.41) is 3.56. The van der Waals surface area contributed by atoms with Crippen LogP contribution in [0.2, 0.25) is 0 Å². The van der Waals surface area contributed by atoms with Gasteiger partial charge in [-0.05, 0) is 41.5 Å². The minimum atomic E-state index is 0.324. The number of rotatable bonds is 5. The fourth-order valence-electron chi connectivity index (χ4n) is 2.16. The standard InChI is InChI=1S/C13H21BrN2OS/c1-3-16-6-7-17-11(9-16)8-15-10(2)12-4-5-13(14)18-12/h4-5,10-11,15H,3,6-9H2,1-2H3. The topological polar surface area (TPSA) is 24.5 Å². The number of nitrogens with zero attached hydrogens (tertiary/aromatic N) is 1.